The molecular formula is C25H28F3N7O3. The van der Waals surface area contributed by atoms with Crippen LogP contribution in [0.4, 0.5) is 18.0 Å². The molecule has 1 saturated heterocycles. The Hall–Kier alpha value is -3.95. The third kappa shape index (κ3) is 6.12. The first kappa shape index (κ1) is 27.1. The molecule has 0 radical (unpaired) electrons. The molecule has 0 aliphatic carbocycles. The molecule has 38 heavy (non-hydrogen) atoms. The van der Waals surface area contributed by atoms with Gasteiger partial charge in [-0.15, -0.1) is 5.10 Å². The van der Waals surface area contributed by atoms with E-state index in [0.717, 1.165) is 6.07 Å². The highest BCUT2D eigenvalue weighted by Crippen LogP contribution is 2.38. The van der Waals surface area contributed by atoms with E-state index in [4.69, 9.17) is 9.47 Å². The van der Waals surface area contributed by atoms with Crippen molar-refractivity contribution in [1.82, 2.24) is 29.9 Å². The maximum absolute atomic E-state index is 13.9. The Bertz CT molecular complexity index is 1370. The molecule has 0 bridgehead atoms. The number of piperidine rings is 1. The molecule has 10 nitrogen and oxygen atoms in total. The summed E-state index contributed by atoms with van der Waals surface area (Å²) >= 11 is 0. The van der Waals surface area contributed by atoms with Gasteiger partial charge in [0.15, 0.2) is 5.69 Å². The van der Waals surface area contributed by atoms with Gasteiger partial charge < -0.3 is 14.4 Å². The molecular weight excluding hydrogens is 503 g/mol. The summed E-state index contributed by atoms with van der Waals surface area (Å²) in [4.78, 5) is 22.0. The summed E-state index contributed by atoms with van der Waals surface area (Å²) in [5, 5.41) is 17.1. The Kier molecular flexibility index (Phi) is 7.44. The second-order valence-electron chi connectivity index (χ2n) is 10.2. The van der Waals surface area contributed by atoms with Gasteiger partial charge in [0.25, 0.3) is 0 Å². The van der Waals surface area contributed by atoms with Crippen molar-refractivity contribution in [2.24, 2.45) is 13.0 Å². The highest BCUT2D eigenvalue weighted by Gasteiger charge is 2.36. The predicted molar refractivity (Wildman–Crippen MR) is 130 cm³/mol. The number of alkyl halides is 3. The minimum atomic E-state index is -4.71. The van der Waals surface area contributed by atoms with Gasteiger partial charge in [-0.3, -0.25) is 0 Å². The standard InChI is InChI=1S/C25H28F3N7O3/c1-24(2,3)38-23(36)35-8-5-15(6-9-35)7-10-37-22-17(25(26,27)28)11-16(14-30-22)18-12-20-21(19(13-29)31-18)32-33-34(20)4/h11-12,14-15H,5-10H2,1-4H3. The number of aryl methyl sites for hydroxylation is 1. The average molecular weight is 532 g/mol. The maximum Gasteiger partial charge on any atom is 0.421 e. The van der Waals surface area contributed by atoms with Gasteiger partial charge in [0.1, 0.15) is 22.8 Å². The lowest BCUT2D eigenvalue weighted by molar-refractivity contribution is -0.139. The largest absolute Gasteiger partial charge is 0.477 e. The topological polar surface area (TPSA) is 119 Å². The average Bonchev–Trinajstić information content (AvgIpc) is 3.23. The normalized spacial score (nSPS) is 14.9. The number of nitriles is 1. The van der Waals surface area contributed by atoms with Gasteiger partial charge in [-0.25, -0.2) is 19.4 Å². The lowest BCUT2D eigenvalue weighted by Crippen LogP contribution is -2.41. The molecule has 3 aromatic rings. The lowest BCUT2D eigenvalue weighted by atomic mass is 9.94. The molecule has 1 amide bonds. The van der Waals surface area contributed by atoms with Crippen molar-refractivity contribution in [3.8, 4) is 23.2 Å². The van der Waals surface area contributed by atoms with Gasteiger partial charge in [0, 0.05) is 31.9 Å². The van der Waals surface area contributed by atoms with E-state index in [-0.39, 0.29) is 41.1 Å². The number of carbonyl (C=O) groups excluding carboxylic acids is 1. The number of ether oxygens (including phenoxy) is 2. The van der Waals surface area contributed by atoms with Crippen molar-refractivity contribution >= 4 is 17.1 Å². The molecule has 0 N–H and O–H groups in total. The summed E-state index contributed by atoms with van der Waals surface area (Å²) in [6.07, 6.45) is -1.89. The Morgan fingerprint density at radius 2 is 1.92 bits per heavy atom. The lowest BCUT2D eigenvalue weighted by Gasteiger charge is -2.33. The quantitative estimate of drug-likeness (QED) is 0.464. The third-order valence-corrected chi connectivity index (χ3v) is 6.19. The van der Waals surface area contributed by atoms with Crippen LogP contribution in [-0.4, -0.2) is 61.3 Å². The van der Waals surface area contributed by atoms with Gasteiger partial charge in [0.2, 0.25) is 5.88 Å². The summed E-state index contributed by atoms with van der Waals surface area (Å²) in [6.45, 7) is 6.52. The fourth-order valence-electron chi connectivity index (χ4n) is 4.22. The molecule has 0 saturated carbocycles. The van der Waals surface area contributed by atoms with Crippen LogP contribution in [0.15, 0.2) is 18.3 Å². The van der Waals surface area contributed by atoms with Crippen LogP contribution in [0.25, 0.3) is 22.3 Å². The van der Waals surface area contributed by atoms with E-state index < -0.39 is 23.2 Å². The Balaban J connectivity index is 1.44. The number of hydrogen-bond acceptors (Lipinski definition) is 8. The van der Waals surface area contributed by atoms with Crippen molar-refractivity contribution in [2.75, 3.05) is 19.7 Å². The summed E-state index contributed by atoms with van der Waals surface area (Å²) in [6, 6.07) is 4.33. The van der Waals surface area contributed by atoms with Crippen LogP contribution in [0.5, 0.6) is 5.88 Å². The van der Waals surface area contributed by atoms with Crippen LogP contribution in [0.1, 0.15) is 51.3 Å². The molecule has 0 unspecified atom stereocenters. The number of pyridine rings is 2. The van der Waals surface area contributed by atoms with Crippen molar-refractivity contribution in [3.05, 3.63) is 29.6 Å². The zero-order valence-corrected chi connectivity index (χ0v) is 21.5. The number of carbonyl (C=O) groups is 1. The van der Waals surface area contributed by atoms with Gasteiger partial charge in [-0.2, -0.15) is 18.4 Å². The van der Waals surface area contributed by atoms with E-state index in [0.29, 0.717) is 37.9 Å². The minimum Gasteiger partial charge on any atom is -0.477 e. The Labute approximate surface area is 217 Å². The SMILES string of the molecule is Cn1nnc2c(C#N)nc(-c3cnc(OCCC4CCN(C(=O)OC(C)(C)C)CC4)c(C(F)(F)F)c3)cc21. The van der Waals surface area contributed by atoms with E-state index in [9.17, 15) is 23.2 Å². The van der Waals surface area contributed by atoms with Crippen molar-refractivity contribution in [3.63, 3.8) is 0 Å². The number of hydrogen-bond donors (Lipinski definition) is 0. The number of fused-ring (bicyclic) bond motifs is 1. The highest BCUT2D eigenvalue weighted by atomic mass is 19.4. The van der Waals surface area contributed by atoms with E-state index in [1.54, 1.807) is 11.9 Å². The number of rotatable bonds is 5. The fourth-order valence-corrected chi connectivity index (χ4v) is 4.22. The molecule has 0 spiro atoms. The molecule has 4 heterocycles. The van der Waals surface area contributed by atoms with Gasteiger partial charge in [-0.1, -0.05) is 5.21 Å². The van der Waals surface area contributed by atoms with Crippen LogP contribution in [-0.2, 0) is 18.0 Å². The van der Waals surface area contributed by atoms with Crippen LogP contribution in [0, 0.1) is 17.2 Å². The van der Waals surface area contributed by atoms with E-state index >= 15 is 0 Å². The molecule has 1 aliphatic heterocycles. The zero-order valence-electron chi connectivity index (χ0n) is 21.5. The van der Waals surface area contributed by atoms with Gasteiger partial charge in [-0.05, 0) is 58.1 Å². The predicted octanol–water partition coefficient (Wildman–Crippen LogP) is 4.73. The number of aromatic nitrogens is 5. The first-order chi connectivity index (χ1) is 17.9. The van der Waals surface area contributed by atoms with Crippen molar-refractivity contribution in [1.29, 1.82) is 5.26 Å². The van der Waals surface area contributed by atoms with Crippen LogP contribution in [0.3, 0.4) is 0 Å². The number of nitrogens with zero attached hydrogens (tertiary/aromatic N) is 7. The smallest absolute Gasteiger partial charge is 0.421 e. The van der Waals surface area contributed by atoms with E-state index in [1.165, 1.54) is 16.9 Å². The van der Waals surface area contributed by atoms with Gasteiger partial charge in [0.05, 0.1) is 17.8 Å². The monoisotopic (exact) mass is 531 g/mol. The van der Waals surface area contributed by atoms with Crippen molar-refractivity contribution in [2.45, 2.75) is 51.8 Å². The third-order valence-electron chi connectivity index (χ3n) is 6.19. The van der Waals surface area contributed by atoms with Crippen LogP contribution < -0.4 is 4.74 Å². The number of amides is 1. The molecule has 3 aromatic heterocycles. The molecule has 4 rings (SSSR count). The second-order valence-corrected chi connectivity index (χ2v) is 10.2. The minimum absolute atomic E-state index is 0.0443. The summed E-state index contributed by atoms with van der Waals surface area (Å²) in [7, 11) is 1.61. The molecule has 1 fully saturated rings. The second kappa shape index (κ2) is 10.4. The number of likely N-dealkylation sites (tertiary alicyclic amines) is 1. The van der Waals surface area contributed by atoms with Crippen LogP contribution >= 0.6 is 0 Å². The Morgan fingerprint density at radius 1 is 1.21 bits per heavy atom. The summed E-state index contributed by atoms with van der Waals surface area (Å²) in [5.41, 5.74) is -0.704. The zero-order chi connectivity index (χ0) is 27.7. The fraction of sp³-hybridized carbons (Fsp3) is 0.520. The first-order valence-electron chi connectivity index (χ1n) is 12.1. The van der Waals surface area contributed by atoms with E-state index in [2.05, 4.69) is 20.3 Å². The molecule has 1 aliphatic rings. The number of halogens is 3. The van der Waals surface area contributed by atoms with Crippen molar-refractivity contribution < 1.29 is 27.4 Å². The molecule has 13 heteroatoms. The summed E-state index contributed by atoms with van der Waals surface area (Å²) < 4.78 is 54.0. The molecule has 0 atom stereocenters. The van der Waals surface area contributed by atoms with E-state index in [1.807, 2.05) is 26.8 Å². The Morgan fingerprint density at radius 3 is 2.55 bits per heavy atom. The van der Waals surface area contributed by atoms with Crippen LogP contribution in [0.2, 0.25) is 0 Å². The first-order valence-corrected chi connectivity index (χ1v) is 12.1. The molecule has 202 valence electrons. The maximum atomic E-state index is 13.9. The van der Waals surface area contributed by atoms with Gasteiger partial charge >= 0.3 is 12.3 Å². The highest BCUT2D eigenvalue weighted by molar-refractivity contribution is 5.83. The summed E-state index contributed by atoms with van der Waals surface area (Å²) in [5.74, 6) is -0.314. The molecule has 0 aromatic carbocycles.